The maximum absolute atomic E-state index is 14.7. The molecule has 3 atom stereocenters. The van der Waals surface area contributed by atoms with Crippen molar-refractivity contribution in [2.24, 2.45) is 4.99 Å². The zero-order chi connectivity index (χ0) is 24.7. The van der Waals surface area contributed by atoms with Gasteiger partial charge in [-0.05, 0) is 44.0 Å². The molecule has 0 amide bonds. The summed E-state index contributed by atoms with van der Waals surface area (Å²) in [6.45, 7) is 3.60. The molecule has 1 aromatic heterocycles. The standard InChI is InChI=1S/C24H26F3N5O2S/c1-3-34-23(33)18-16(11-32-12-24(26,27)20-17(32)7-8-28-20)30-21(22-29-9-10-35-22)31-19(18)14-5-4-6-15(25)13(14)2/h4-6,9-10,17,19-20,28H,3,7-8,11-12H2,1-2H3,(H,30,31)/t17?,19-,20?/m0/s1. The van der Waals surface area contributed by atoms with Crippen LogP contribution in [0.5, 0.6) is 0 Å². The lowest BCUT2D eigenvalue weighted by Crippen LogP contribution is -2.43. The van der Waals surface area contributed by atoms with Gasteiger partial charge in [-0.15, -0.1) is 11.3 Å². The zero-order valence-corrected chi connectivity index (χ0v) is 20.2. The SMILES string of the molecule is CCOC(=O)C1=C(CN2CC(F)(F)C3NCCC32)NC(c2nccs2)=N[C@H]1c1cccc(F)c1C. The fourth-order valence-corrected chi connectivity index (χ4v) is 5.73. The number of rotatable bonds is 6. The number of aromatic nitrogens is 1. The number of carbonyl (C=O) groups excluding carboxylic acids is 1. The highest BCUT2D eigenvalue weighted by Gasteiger charge is 2.56. The van der Waals surface area contributed by atoms with Crippen LogP contribution in [-0.2, 0) is 9.53 Å². The van der Waals surface area contributed by atoms with Crippen LogP contribution in [-0.4, -0.2) is 65.9 Å². The average molecular weight is 506 g/mol. The Morgan fingerprint density at radius 2 is 2.20 bits per heavy atom. The van der Waals surface area contributed by atoms with E-state index in [2.05, 4.69) is 15.6 Å². The van der Waals surface area contributed by atoms with Crippen molar-refractivity contribution in [3.05, 3.63) is 63.0 Å². The van der Waals surface area contributed by atoms with Crippen LogP contribution in [0.3, 0.4) is 0 Å². The van der Waals surface area contributed by atoms with Crippen molar-refractivity contribution in [2.45, 2.75) is 44.3 Å². The summed E-state index contributed by atoms with van der Waals surface area (Å²) in [5.41, 5.74) is 1.48. The molecule has 0 radical (unpaired) electrons. The molecule has 7 nitrogen and oxygen atoms in total. The Bertz CT molecular complexity index is 1180. The normalized spacial score (nSPS) is 25.9. The molecule has 11 heteroatoms. The molecule has 2 N–H and O–H groups in total. The van der Waals surface area contributed by atoms with Gasteiger partial charge in [0, 0.05) is 29.9 Å². The van der Waals surface area contributed by atoms with E-state index in [1.54, 1.807) is 42.5 Å². The summed E-state index contributed by atoms with van der Waals surface area (Å²) in [6.07, 6.45) is 2.22. The van der Waals surface area contributed by atoms with Crippen LogP contribution >= 0.6 is 11.3 Å². The van der Waals surface area contributed by atoms with E-state index in [-0.39, 0.29) is 24.8 Å². The molecule has 3 aliphatic heterocycles. The van der Waals surface area contributed by atoms with Gasteiger partial charge in [0.1, 0.15) is 11.9 Å². The number of halogens is 3. The second-order valence-corrected chi connectivity index (χ2v) is 9.76. The monoisotopic (exact) mass is 505 g/mol. The number of thiazole rings is 1. The maximum Gasteiger partial charge on any atom is 0.338 e. The maximum atomic E-state index is 14.7. The Hall–Kier alpha value is -2.76. The smallest absolute Gasteiger partial charge is 0.338 e. The van der Waals surface area contributed by atoms with E-state index in [1.165, 1.54) is 17.4 Å². The van der Waals surface area contributed by atoms with E-state index in [0.717, 1.165) is 0 Å². The molecule has 35 heavy (non-hydrogen) atoms. The number of aliphatic imine (C=N–C) groups is 1. The molecule has 5 rings (SSSR count). The highest BCUT2D eigenvalue weighted by Crippen LogP contribution is 2.39. The summed E-state index contributed by atoms with van der Waals surface area (Å²) in [5.74, 6) is -3.51. The van der Waals surface area contributed by atoms with Gasteiger partial charge in [0.25, 0.3) is 5.92 Å². The van der Waals surface area contributed by atoms with Gasteiger partial charge in [0.2, 0.25) is 0 Å². The summed E-state index contributed by atoms with van der Waals surface area (Å²) < 4.78 is 49.3. The highest BCUT2D eigenvalue weighted by molar-refractivity contribution is 7.11. The number of likely N-dealkylation sites (tertiary alicyclic amines) is 1. The first-order valence-corrected chi connectivity index (χ1v) is 12.4. The van der Waals surface area contributed by atoms with Gasteiger partial charge >= 0.3 is 5.97 Å². The Labute approximate surface area is 205 Å². The molecule has 0 bridgehead atoms. The van der Waals surface area contributed by atoms with Gasteiger partial charge in [0.15, 0.2) is 10.8 Å². The third-order valence-corrected chi connectivity index (χ3v) is 7.53. The number of ether oxygens (including phenoxy) is 1. The van der Waals surface area contributed by atoms with Crippen molar-refractivity contribution < 1.29 is 22.7 Å². The van der Waals surface area contributed by atoms with Crippen LogP contribution in [0.2, 0.25) is 0 Å². The summed E-state index contributed by atoms with van der Waals surface area (Å²) in [6, 6.07) is 2.47. The number of nitrogens with one attached hydrogen (secondary N) is 2. The van der Waals surface area contributed by atoms with E-state index >= 15 is 0 Å². The predicted octanol–water partition coefficient (Wildman–Crippen LogP) is 3.18. The minimum absolute atomic E-state index is 0.0713. The fourth-order valence-electron chi connectivity index (χ4n) is 5.14. The summed E-state index contributed by atoms with van der Waals surface area (Å²) in [7, 11) is 0. The topological polar surface area (TPSA) is 78.9 Å². The van der Waals surface area contributed by atoms with Gasteiger partial charge in [-0.2, -0.15) is 0 Å². The number of hydrogen-bond donors (Lipinski definition) is 2. The molecular formula is C24H26F3N5O2S. The van der Waals surface area contributed by atoms with Crippen LogP contribution in [0, 0.1) is 12.7 Å². The molecule has 4 heterocycles. The lowest BCUT2D eigenvalue weighted by Gasteiger charge is -2.31. The Kier molecular flexibility index (Phi) is 6.41. The van der Waals surface area contributed by atoms with Crippen LogP contribution < -0.4 is 10.6 Å². The quantitative estimate of drug-likeness (QED) is 0.588. The first-order valence-electron chi connectivity index (χ1n) is 11.5. The predicted molar refractivity (Wildman–Crippen MR) is 126 cm³/mol. The Balaban J connectivity index is 1.61. The minimum atomic E-state index is -2.88. The molecule has 2 aromatic rings. The van der Waals surface area contributed by atoms with Crippen LogP contribution in [0.25, 0.3) is 0 Å². The van der Waals surface area contributed by atoms with Gasteiger partial charge in [-0.25, -0.2) is 22.9 Å². The summed E-state index contributed by atoms with van der Waals surface area (Å²) >= 11 is 1.35. The average Bonchev–Trinajstić information content (AvgIpc) is 3.56. The van der Waals surface area contributed by atoms with Crippen molar-refractivity contribution in [1.82, 2.24) is 20.5 Å². The number of fused-ring (bicyclic) bond motifs is 1. The third kappa shape index (κ3) is 4.36. The highest BCUT2D eigenvalue weighted by atomic mass is 32.1. The lowest BCUT2D eigenvalue weighted by molar-refractivity contribution is -0.139. The summed E-state index contributed by atoms with van der Waals surface area (Å²) in [4.78, 5) is 24.0. The van der Waals surface area contributed by atoms with Gasteiger partial charge < -0.3 is 15.4 Å². The van der Waals surface area contributed by atoms with Crippen LogP contribution in [0.1, 0.15) is 35.5 Å². The molecule has 3 aliphatic rings. The molecule has 2 fully saturated rings. The molecule has 1 aromatic carbocycles. The number of nitrogens with zero attached hydrogens (tertiary/aromatic N) is 3. The van der Waals surface area contributed by atoms with Gasteiger partial charge in [0.05, 0.1) is 24.8 Å². The summed E-state index contributed by atoms with van der Waals surface area (Å²) in [5, 5.41) is 8.48. The molecule has 0 aliphatic carbocycles. The Morgan fingerprint density at radius 3 is 2.94 bits per heavy atom. The second kappa shape index (κ2) is 9.36. The van der Waals surface area contributed by atoms with Crippen LogP contribution in [0.4, 0.5) is 13.2 Å². The Morgan fingerprint density at radius 1 is 1.37 bits per heavy atom. The van der Waals surface area contributed by atoms with Gasteiger partial charge in [-0.3, -0.25) is 9.89 Å². The van der Waals surface area contributed by atoms with E-state index in [9.17, 15) is 18.0 Å². The van der Waals surface area contributed by atoms with Crippen molar-refractivity contribution in [1.29, 1.82) is 0 Å². The lowest BCUT2D eigenvalue weighted by atomic mass is 9.92. The van der Waals surface area contributed by atoms with Crippen LogP contribution in [0.15, 0.2) is 46.0 Å². The van der Waals surface area contributed by atoms with Gasteiger partial charge in [-0.1, -0.05) is 12.1 Å². The van der Waals surface area contributed by atoms with E-state index < -0.39 is 36.3 Å². The number of alkyl halides is 2. The van der Waals surface area contributed by atoms with Crippen molar-refractivity contribution in [3.8, 4) is 0 Å². The first kappa shape index (κ1) is 24.0. The van der Waals surface area contributed by atoms with Crippen molar-refractivity contribution in [2.75, 3.05) is 26.2 Å². The molecule has 2 unspecified atom stereocenters. The van der Waals surface area contributed by atoms with Crippen molar-refractivity contribution >= 4 is 23.1 Å². The van der Waals surface area contributed by atoms with E-state index in [0.29, 0.717) is 40.6 Å². The fraction of sp³-hybridized carbons (Fsp3) is 0.458. The molecule has 2 saturated heterocycles. The molecule has 0 spiro atoms. The number of esters is 1. The largest absolute Gasteiger partial charge is 0.463 e. The van der Waals surface area contributed by atoms with E-state index in [1.807, 2.05) is 0 Å². The zero-order valence-electron chi connectivity index (χ0n) is 19.4. The third-order valence-electron chi connectivity index (χ3n) is 6.75. The number of carbonyl (C=O) groups is 1. The molecular weight excluding hydrogens is 479 g/mol. The van der Waals surface area contributed by atoms with E-state index in [4.69, 9.17) is 9.73 Å². The minimum Gasteiger partial charge on any atom is -0.463 e. The number of amidine groups is 1. The first-order chi connectivity index (χ1) is 16.8. The number of hydrogen-bond acceptors (Lipinski definition) is 8. The van der Waals surface area contributed by atoms with Crippen molar-refractivity contribution in [3.63, 3.8) is 0 Å². The second-order valence-electron chi connectivity index (χ2n) is 8.86. The molecule has 186 valence electrons. The number of benzene rings is 1. The molecule has 0 saturated carbocycles.